The van der Waals surface area contributed by atoms with Crippen molar-refractivity contribution in [2.24, 2.45) is 0 Å². The highest BCUT2D eigenvalue weighted by atomic mass is 16.3. The molecule has 2 rings (SSSR count). The molecule has 0 saturated carbocycles. The Labute approximate surface area is 111 Å². The van der Waals surface area contributed by atoms with Gasteiger partial charge in [0.05, 0.1) is 12.2 Å². The first-order valence-electron chi connectivity index (χ1n) is 6.02. The Morgan fingerprint density at radius 2 is 1.84 bits per heavy atom. The summed E-state index contributed by atoms with van der Waals surface area (Å²) in [5.41, 5.74) is 8.44. The predicted molar refractivity (Wildman–Crippen MR) is 74.4 cm³/mol. The summed E-state index contributed by atoms with van der Waals surface area (Å²) in [6.07, 6.45) is 0. The summed E-state index contributed by atoms with van der Waals surface area (Å²) < 4.78 is 0. The van der Waals surface area contributed by atoms with Crippen molar-refractivity contribution in [3.63, 3.8) is 0 Å². The SMILES string of the molecule is Nc1ccccc1C(=O)NCc1cccc(CO)c1. The van der Waals surface area contributed by atoms with Gasteiger partial charge in [-0.25, -0.2) is 0 Å². The number of carbonyl (C=O) groups excluding carboxylic acids is 1. The van der Waals surface area contributed by atoms with Crippen LogP contribution in [-0.2, 0) is 13.2 Å². The van der Waals surface area contributed by atoms with E-state index in [0.29, 0.717) is 17.8 Å². The molecular formula is C15H16N2O2. The summed E-state index contributed by atoms with van der Waals surface area (Å²) >= 11 is 0. The van der Waals surface area contributed by atoms with E-state index in [1.807, 2.05) is 24.3 Å². The number of hydrogen-bond donors (Lipinski definition) is 3. The maximum absolute atomic E-state index is 12.0. The summed E-state index contributed by atoms with van der Waals surface area (Å²) in [6, 6.07) is 14.4. The van der Waals surface area contributed by atoms with Crippen LogP contribution in [-0.4, -0.2) is 11.0 Å². The van der Waals surface area contributed by atoms with Crippen LogP contribution in [0.3, 0.4) is 0 Å². The van der Waals surface area contributed by atoms with Crippen molar-refractivity contribution >= 4 is 11.6 Å². The van der Waals surface area contributed by atoms with Gasteiger partial charge in [-0.1, -0.05) is 36.4 Å². The third kappa shape index (κ3) is 3.33. The van der Waals surface area contributed by atoms with E-state index in [4.69, 9.17) is 10.8 Å². The Hall–Kier alpha value is -2.33. The largest absolute Gasteiger partial charge is 0.398 e. The van der Waals surface area contributed by atoms with Crippen molar-refractivity contribution in [2.45, 2.75) is 13.2 Å². The standard InChI is InChI=1S/C15H16N2O2/c16-14-7-2-1-6-13(14)15(19)17-9-11-4-3-5-12(8-11)10-18/h1-8,18H,9-10,16H2,(H,17,19). The minimum absolute atomic E-state index is 0.00653. The van der Waals surface area contributed by atoms with Crippen molar-refractivity contribution in [2.75, 3.05) is 5.73 Å². The molecule has 19 heavy (non-hydrogen) atoms. The summed E-state index contributed by atoms with van der Waals surface area (Å²) in [7, 11) is 0. The van der Waals surface area contributed by atoms with E-state index in [0.717, 1.165) is 11.1 Å². The first-order valence-corrected chi connectivity index (χ1v) is 6.02. The van der Waals surface area contributed by atoms with Crippen LogP contribution in [0.5, 0.6) is 0 Å². The summed E-state index contributed by atoms with van der Waals surface area (Å²) in [6.45, 7) is 0.397. The second kappa shape index (κ2) is 6.02. The van der Waals surface area contributed by atoms with E-state index in [9.17, 15) is 4.79 Å². The number of carbonyl (C=O) groups is 1. The molecule has 1 amide bonds. The van der Waals surface area contributed by atoms with E-state index in [-0.39, 0.29) is 12.5 Å². The highest BCUT2D eigenvalue weighted by Crippen LogP contribution is 2.11. The average Bonchev–Trinajstić information content (AvgIpc) is 2.45. The van der Waals surface area contributed by atoms with Crippen LogP contribution in [0.25, 0.3) is 0 Å². The van der Waals surface area contributed by atoms with Crippen molar-refractivity contribution in [1.29, 1.82) is 0 Å². The molecule has 4 nitrogen and oxygen atoms in total. The molecule has 4 N–H and O–H groups in total. The molecule has 0 heterocycles. The molecule has 0 spiro atoms. The molecule has 2 aromatic rings. The highest BCUT2D eigenvalue weighted by Gasteiger charge is 2.08. The van der Waals surface area contributed by atoms with Gasteiger partial charge in [0, 0.05) is 12.2 Å². The molecule has 0 aliphatic rings. The molecule has 0 aliphatic carbocycles. The van der Waals surface area contributed by atoms with Crippen molar-refractivity contribution in [3.8, 4) is 0 Å². The van der Waals surface area contributed by atoms with Gasteiger partial charge in [0.2, 0.25) is 0 Å². The van der Waals surface area contributed by atoms with Crippen LogP contribution >= 0.6 is 0 Å². The number of para-hydroxylation sites is 1. The van der Waals surface area contributed by atoms with Crippen LogP contribution in [0, 0.1) is 0 Å². The summed E-state index contributed by atoms with van der Waals surface area (Å²) in [5.74, 6) is -0.201. The van der Waals surface area contributed by atoms with Crippen LogP contribution in [0.2, 0.25) is 0 Å². The summed E-state index contributed by atoms with van der Waals surface area (Å²) in [4.78, 5) is 12.0. The lowest BCUT2D eigenvalue weighted by molar-refractivity contribution is 0.0952. The first kappa shape index (κ1) is 13.1. The topological polar surface area (TPSA) is 75.4 Å². The number of anilines is 1. The predicted octanol–water partition coefficient (Wildman–Crippen LogP) is 1.69. The van der Waals surface area contributed by atoms with Gasteiger partial charge < -0.3 is 16.2 Å². The zero-order valence-corrected chi connectivity index (χ0v) is 10.5. The van der Waals surface area contributed by atoms with Gasteiger partial charge in [0.1, 0.15) is 0 Å². The van der Waals surface area contributed by atoms with Crippen molar-refractivity contribution in [3.05, 3.63) is 65.2 Å². The van der Waals surface area contributed by atoms with E-state index < -0.39 is 0 Å². The highest BCUT2D eigenvalue weighted by molar-refractivity contribution is 5.98. The number of aliphatic hydroxyl groups is 1. The van der Waals surface area contributed by atoms with Gasteiger partial charge in [0.15, 0.2) is 0 Å². The zero-order chi connectivity index (χ0) is 13.7. The molecule has 0 saturated heterocycles. The number of nitrogens with one attached hydrogen (secondary N) is 1. The Morgan fingerprint density at radius 3 is 2.58 bits per heavy atom. The smallest absolute Gasteiger partial charge is 0.253 e. The Kier molecular flexibility index (Phi) is 4.15. The molecule has 0 aliphatic heterocycles. The number of rotatable bonds is 4. The molecule has 98 valence electrons. The lowest BCUT2D eigenvalue weighted by atomic mass is 10.1. The average molecular weight is 256 g/mol. The third-order valence-corrected chi connectivity index (χ3v) is 2.83. The molecular weight excluding hydrogens is 240 g/mol. The monoisotopic (exact) mass is 256 g/mol. The second-order valence-corrected chi connectivity index (χ2v) is 4.25. The Balaban J connectivity index is 2.02. The number of nitrogen functional groups attached to an aromatic ring is 1. The third-order valence-electron chi connectivity index (χ3n) is 2.83. The lowest BCUT2D eigenvalue weighted by Crippen LogP contribution is -2.23. The van der Waals surface area contributed by atoms with Crippen molar-refractivity contribution in [1.82, 2.24) is 5.32 Å². The summed E-state index contributed by atoms with van der Waals surface area (Å²) in [5, 5.41) is 11.9. The number of nitrogens with two attached hydrogens (primary N) is 1. The molecule has 4 heteroatoms. The first-order chi connectivity index (χ1) is 9.20. The maximum Gasteiger partial charge on any atom is 0.253 e. The lowest BCUT2D eigenvalue weighted by Gasteiger charge is -2.08. The molecule has 0 radical (unpaired) electrons. The maximum atomic E-state index is 12.0. The van der Waals surface area contributed by atoms with Gasteiger partial charge in [0.25, 0.3) is 5.91 Å². The second-order valence-electron chi connectivity index (χ2n) is 4.25. The molecule has 0 atom stereocenters. The molecule has 0 bridgehead atoms. The van der Waals surface area contributed by atoms with E-state index in [1.165, 1.54) is 0 Å². The van der Waals surface area contributed by atoms with E-state index >= 15 is 0 Å². The number of hydrogen-bond acceptors (Lipinski definition) is 3. The molecule has 0 unspecified atom stereocenters. The fourth-order valence-electron chi connectivity index (χ4n) is 1.82. The fourth-order valence-corrected chi connectivity index (χ4v) is 1.82. The number of amides is 1. The quantitative estimate of drug-likeness (QED) is 0.729. The normalized spacial score (nSPS) is 10.2. The van der Waals surface area contributed by atoms with Gasteiger partial charge in [-0.15, -0.1) is 0 Å². The minimum Gasteiger partial charge on any atom is -0.398 e. The van der Waals surface area contributed by atoms with Gasteiger partial charge in [-0.3, -0.25) is 4.79 Å². The van der Waals surface area contributed by atoms with Crippen molar-refractivity contribution < 1.29 is 9.90 Å². The van der Waals surface area contributed by atoms with E-state index in [2.05, 4.69) is 5.32 Å². The Morgan fingerprint density at radius 1 is 1.11 bits per heavy atom. The van der Waals surface area contributed by atoms with Crippen LogP contribution in [0.15, 0.2) is 48.5 Å². The number of benzene rings is 2. The fraction of sp³-hybridized carbons (Fsp3) is 0.133. The van der Waals surface area contributed by atoms with Gasteiger partial charge in [-0.2, -0.15) is 0 Å². The van der Waals surface area contributed by atoms with Crippen LogP contribution < -0.4 is 11.1 Å². The van der Waals surface area contributed by atoms with Gasteiger partial charge >= 0.3 is 0 Å². The minimum atomic E-state index is -0.201. The molecule has 0 fully saturated rings. The molecule has 2 aromatic carbocycles. The molecule has 0 aromatic heterocycles. The van der Waals surface area contributed by atoms with Gasteiger partial charge in [-0.05, 0) is 23.3 Å². The number of aliphatic hydroxyl groups excluding tert-OH is 1. The Bertz CT molecular complexity index is 582. The zero-order valence-electron chi connectivity index (χ0n) is 10.5. The van der Waals surface area contributed by atoms with Crippen LogP contribution in [0.4, 0.5) is 5.69 Å². The van der Waals surface area contributed by atoms with Crippen LogP contribution in [0.1, 0.15) is 21.5 Å². The van der Waals surface area contributed by atoms with E-state index in [1.54, 1.807) is 24.3 Å².